The summed E-state index contributed by atoms with van der Waals surface area (Å²) in [5.41, 5.74) is 14.2. The molecule has 0 fully saturated rings. The van der Waals surface area contributed by atoms with Crippen LogP contribution in [0.15, 0.2) is 242 Å². The van der Waals surface area contributed by atoms with E-state index in [-0.39, 0.29) is 0 Å². The van der Waals surface area contributed by atoms with E-state index in [1.165, 1.54) is 26.4 Å². The summed E-state index contributed by atoms with van der Waals surface area (Å²) < 4.78 is 6.09. The Hall–Kier alpha value is -7.72. The molecule has 2 aromatic heterocycles. The van der Waals surface area contributed by atoms with E-state index >= 15 is 0 Å². The summed E-state index contributed by atoms with van der Waals surface area (Å²) in [7, 11) is 0. The van der Waals surface area contributed by atoms with Crippen LogP contribution in [0.4, 0.5) is 17.1 Å². The van der Waals surface area contributed by atoms with E-state index in [4.69, 9.17) is 4.42 Å². The Labute approximate surface area is 362 Å². The molecule has 0 bridgehead atoms. The standard InChI is InChI=1S/C58H43NOS/c1-3-5-6-8-16-43-21-23-46(24-22-43)47-27-34-51(35-28-47)59(50-32-25-45(26-33-50)44(4-2)18-13-17-42-14-9-7-10-15-42)52-36-29-48(30-37-52)57-39-40-58(61-57)49-31-38-56-54(41-49)53-19-11-12-20-55(53)60-56/h3-41H,1-2H2/b6-5-,16-8+,17-13+,44-18+. The second kappa shape index (κ2) is 18.0. The summed E-state index contributed by atoms with van der Waals surface area (Å²) in [5, 5.41) is 2.29. The molecule has 0 aliphatic carbocycles. The lowest BCUT2D eigenvalue weighted by Gasteiger charge is -2.26. The SMILES string of the molecule is C=C/C=C\C=C\c1ccc(-c2ccc(N(c3ccc(/C(C=C)=C/C=C/c4ccccc4)cc3)c3ccc(-c4ccc(-c5ccc6oc7ccccc7c6c5)s4)cc3)cc2)cc1. The highest BCUT2D eigenvalue weighted by Crippen LogP contribution is 2.41. The van der Waals surface area contributed by atoms with Gasteiger partial charge in [-0.3, -0.25) is 0 Å². The molecule has 0 spiro atoms. The van der Waals surface area contributed by atoms with E-state index in [1.54, 1.807) is 17.4 Å². The van der Waals surface area contributed by atoms with Gasteiger partial charge in [-0.15, -0.1) is 11.3 Å². The second-order valence-electron chi connectivity index (χ2n) is 14.6. The minimum absolute atomic E-state index is 0.912. The monoisotopic (exact) mass is 801 g/mol. The number of furan rings is 1. The molecule has 9 rings (SSSR count). The number of para-hydroxylation sites is 1. The molecule has 9 aromatic rings. The van der Waals surface area contributed by atoms with Crippen molar-refractivity contribution in [2.45, 2.75) is 0 Å². The summed E-state index contributed by atoms with van der Waals surface area (Å²) in [6, 6.07) is 64.6. The first kappa shape index (κ1) is 38.8. The normalized spacial score (nSPS) is 12.0. The fourth-order valence-corrected chi connectivity index (χ4v) is 8.57. The Bertz CT molecular complexity index is 3070. The van der Waals surface area contributed by atoms with Gasteiger partial charge in [-0.05, 0) is 117 Å². The molecule has 0 aliphatic rings. The highest BCUT2D eigenvalue weighted by atomic mass is 32.1. The van der Waals surface area contributed by atoms with E-state index in [0.29, 0.717) is 0 Å². The lowest BCUT2D eigenvalue weighted by molar-refractivity contribution is 0.669. The Morgan fingerprint density at radius 3 is 1.70 bits per heavy atom. The maximum atomic E-state index is 6.09. The molecule has 0 amide bonds. The van der Waals surface area contributed by atoms with E-state index in [2.05, 4.69) is 194 Å². The summed E-state index contributed by atoms with van der Waals surface area (Å²) in [6.45, 7) is 7.86. The lowest BCUT2D eigenvalue weighted by Crippen LogP contribution is -2.09. The van der Waals surface area contributed by atoms with Gasteiger partial charge >= 0.3 is 0 Å². The Morgan fingerprint density at radius 2 is 1.02 bits per heavy atom. The van der Waals surface area contributed by atoms with Crippen molar-refractivity contribution in [2.24, 2.45) is 0 Å². The number of fused-ring (bicyclic) bond motifs is 3. The van der Waals surface area contributed by atoms with Crippen LogP contribution in [0.25, 0.3) is 71.7 Å². The largest absolute Gasteiger partial charge is 0.456 e. The molecule has 292 valence electrons. The van der Waals surface area contributed by atoms with Crippen molar-refractivity contribution in [2.75, 3.05) is 4.90 Å². The summed E-state index contributed by atoms with van der Waals surface area (Å²) in [6.07, 6.45) is 18.0. The fourth-order valence-electron chi connectivity index (χ4n) is 7.56. The zero-order valence-electron chi connectivity index (χ0n) is 33.7. The number of hydrogen-bond acceptors (Lipinski definition) is 3. The molecule has 0 atom stereocenters. The molecular formula is C58H43NOS. The molecule has 61 heavy (non-hydrogen) atoms. The van der Waals surface area contributed by atoms with Gasteiger partial charge in [0.1, 0.15) is 11.2 Å². The van der Waals surface area contributed by atoms with Gasteiger partial charge in [0.15, 0.2) is 0 Å². The van der Waals surface area contributed by atoms with Crippen LogP contribution in [0.2, 0.25) is 0 Å². The average molecular weight is 802 g/mol. The first-order chi connectivity index (χ1) is 30.1. The number of hydrogen-bond donors (Lipinski definition) is 0. The van der Waals surface area contributed by atoms with Gasteiger partial charge in [0, 0.05) is 37.6 Å². The number of allylic oxidation sites excluding steroid dienone is 8. The summed E-state index contributed by atoms with van der Waals surface area (Å²) >= 11 is 1.81. The fraction of sp³-hybridized carbons (Fsp3) is 0. The number of anilines is 3. The van der Waals surface area contributed by atoms with Crippen LogP contribution in [0, 0.1) is 0 Å². The molecular weight excluding hydrogens is 759 g/mol. The van der Waals surface area contributed by atoms with Crippen LogP contribution >= 0.6 is 11.3 Å². The highest BCUT2D eigenvalue weighted by molar-refractivity contribution is 7.18. The third-order valence-electron chi connectivity index (χ3n) is 10.7. The Balaban J connectivity index is 1.01. The average Bonchev–Trinajstić information content (AvgIpc) is 3.97. The van der Waals surface area contributed by atoms with Crippen molar-refractivity contribution in [1.82, 2.24) is 0 Å². The van der Waals surface area contributed by atoms with Gasteiger partial charge in [0.25, 0.3) is 0 Å². The zero-order valence-corrected chi connectivity index (χ0v) is 34.5. The summed E-state index contributed by atoms with van der Waals surface area (Å²) in [5.74, 6) is 0. The predicted molar refractivity (Wildman–Crippen MR) is 265 cm³/mol. The zero-order chi connectivity index (χ0) is 41.4. The van der Waals surface area contributed by atoms with E-state index in [9.17, 15) is 0 Å². The summed E-state index contributed by atoms with van der Waals surface area (Å²) in [4.78, 5) is 4.76. The van der Waals surface area contributed by atoms with Crippen LogP contribution in [-0.4, -0.2) is 0 Å². The van der Waals surface area contributed by atoms with Crippen molar-refractivity contribution in [3.8, 4) is 32.0 Å². The smallest absolute Gasteiger partial charge is 0.135 e. The lowest BCUT2D eigenvalue weighted by atomic mass is 10.0. The van der Waals surface area contributed by atoms with Gasteiger partial charge in [-0.1, -0.05) is 177 Å². The van der Waals surface area contributed by atoms with Crippen LogP contribution in [0.5, 0.6) is 0 Å². The maximum Gasteiger partial charge on any atom is 0.135 e. The molecule has 0 N–H and O–H groups in total. The van der Waals surface area contributed by atoms with Gasteiger partial charge < -0.3 is 9.32 Å². The topological polar surface area (TPSA) is 16.4 Å². The number of benzene rings is 7. The van der Waals surface area contributed by atoms with Crippen molar-refractivity contribution in [3.63, 3.8) is 0 Å². The van der Waals surface area contributed by atoms with Gasteiger partial charge in [-0.2, -0.15) is 0 Å². The van der Waals surface area contributed by atoms with Crippen LogP contribution in [0.1, 0.15) is 16.7 Å². The number of nitrogens with zero attached hydrogens (tertiary/aromatic N) is 1. The van der Waals surface area contributed by atoms with Crippen molar-refractivity contribution in [3.05, 3.63) is 254 Å². The van der Waals surface area contributed by atoms with E-state index in [1.807, 2.05) is 54.6 Å². The van der Waals surface area contributed by atoms with Crippen molar-refractivity contribution in [1.29, 1.82) is 0 Å². The van der Waals surface area contributed by atoms with E-state index < -0.39 is 0 Å². The second-order valence-corrected chi connectivity index (χ2v) is 15.7. The van der Waals surface area contributed by atoms with Crippen molar-refractivity contribution < 1.29 is 4.42 Å². The number of rotatable bonds is 13. The minimum atomic E-state index is 0.912. The molecule has 0 radical (unpaired) electrons. The molecule has 3 heteroatoms. The molecule has 2 nitrogen and oxygen atoms in total. The molecule has 0 unspecified atom stereocenters. The van der Waals surface area contributed by atoms with Crippen LogP contribution in [-0.2, 0) is 0 Å². The highest BCUT2D eigenvalue weighted by Gasteiger charge is 2.15. The predicted octanol–water partition coefficient (Wildman–Crippen LogP) is 17.2. The number of thiophene rings is 1. The van der Waals surface area contributed by atoms with Crippen LogP contribution < -0.4 is 4.90 Å². The van der Waals surface area contributed by atoms with E-state index in [0.717, 1.165) is 66.8 Å². The van der Waals surface area contributed by atoms with Gasteiger partial charge in [0.05, 0.1) is 0 Å². The Kier molecular flexibility index (Phi) is 11.5. The molecule has 7 aromatic carbocycles. The van der Waals surface area contributed by atoms with Crippen LogP contribution in [0.3, 0.4) is 0 Å². The molecule has 0 aliphatic heterocycles. The first-order valence-electron chi connectivity index (χ1n) is 20.4. The maximum absolute atomic E-state index is 6.09. The Morgan fingerprint density at radius 1 is 0.459 bits per heavy atom. The van der Waals surface area contributed by atoms with Gasteiger partial charge in [-0.25, -0.2) is 0 Å². The van der Waals surface area contributed by atoms with Gasteiger partial charge in [0.2, 0.25) is 0 Å². The first-order valence-corrected chi connectivity index (χ1v) is 21.2. The minimum Gasteiger partial charge on any atom is -0.456 e. The molecule has 0 saturated carbocycles. The third-order valence-corrected chi connectivity index (χ3v) is 11.9. The quantitative estimate of drug-likeness (QED) is 0.108. The molecule has 0 saturated heterocycles. The third kappa shape index (κ3) is 8.70. The van der Waals surface area contributed by atoms with Crippen molar-refractivity contribution >= 4 is 68.1 Å². The molecule has 2 heterocycles.